The number of amides is 1. The number of fused-ring (bicyclic) bond motifs is 1. The molecule has 1 saturated heterocycles. The van der Waals surface area contributed by atoms with E-state index in [0.717, 1.165) is 37.9 Å². The van der Waals surface area contributed by atoms with Crippen molar-refractivity contribution in [3.8, 4) is 6.07 Å². The molecule has 3 heterocycles. The van der Waals surface area contributed by atoms with E-state index in [1.54, 1.807) is 16.0 Å². The fraction of sp³-hybridized carbons (Fsp3) is 0.300. The van der Waals surface area contributed by atoms with E-state index in [-0.39, 0.29) is 12.1 Å². The van der Waals surface area contributed by atoms with Gasteiger partial charge in [0.2, 0.25) is 12.4 Å². The topological polar surface area (TPSA) is 91.0 Å². The Hall–Kier alpha value is -3.18. The molecule has 1 fully saturated rings. The fourth-order valence-corrected chi connectivity index (χ4v) is 4.46. The molecule has 0 spiro atoms. The second-order valence-corrected chi connectivity index (χ2v) is 7.59. The van der Waals surface area contributed by atoms with Crippen LogP contribution in [-0.4, -0.2) is 29.1 Å². The Balaban J connectivity index is 1.90. The monoisotopic (exact) mass is 393 g/mol. The molecule has 0 atom stereocenters. The molecule has 28 heavy (non-hydrogen) atoms. The van der Waals surface area contributed by atoms with Crippen LogP contribution in [0.4, 0.5) is 11.6 Å². The zero-order valence-corrected chi connectivity index (χ0v) is 16.0. The van der Waals surface area contributed by atoms with Crippen molar-refractivity contribution in [3.63, 3.8) is 0 Å². The number of nitrogens with zero attached hydrogens (tertiary/aromatic N) is 4. The van der Waals surface area contributed by atoms with E-state index >= 15 is 0 Å². The first-order valence-corrected chi connectivity index (χ1v) is 10.1. The van der Waals surface area contributed by atoms with Crippen LogP contribution in [0.1, 0.15) is 30.4 Å². The third kappa shape index (κ3) is 3.25. The van der Waals surface area contributed by atoms with Crippen LogP contribution < -0.4 is 15.8 Å². The highest BCUT2D eigenvalue weighted by atomic mass is 32.1. The van der Waals surface area contributed by atoms with Gasteiger partial charge in [-0.05, 0) is 30.9 Å². The van der Waals surface area contributed by atoms with Gasteiger partial charge in [0, 0.05) is 18.5 Å². The molecular weight excluding hydrogens is 374 g/mol. The van der Waals surface area contributed by atoms with Crippen LogP contribution >= 0.6 is 11.3 Å². The number of anilines is 2. The number of hydrogen-bond donors (Lipinski definition) is 1. The summed E-state index contributed by atoms with van der Waals surface area (Å²) in [6, 6.07) is 9.49. The summed E-state index contributed by atoms with van der Waals surface area (Å²) in [5.74, 6) is 0.595. The second kappa shape index (κ2) is 7.82. The minimum Gasteiger partial charge on any atom is -0.342 e. The highest BCUT2D eigenvalue weighted by Crippen LogP contribution is 2.29. The molecule has 0 saturated carbocycles. The van der Waals surface area contributed by atoms with Gasteiger partial charge in [-0.15, -0.1) is 11.3 Å². The van der Waals surface area contributed by atoms with Crippen LogP contribution in [0.3, 0.4) is 0 Å². The maximum Gasteiger partial charge on any atom is 0.273 e. The average molecular weight is 393 g/mol. The molecule has 8 heteroatoms. The van der Waals surface area contributed by atoms with Crippen molar-refractivity contribution in [2.24, 2.45) is 0 Å². The van der Waals surface area contributed by atoms with Gasteiger partial charge in [-0.1, -0.05) is 18.2 Å². The van der Waals surface area contributed by atoms with Crippen molar-refractivity contribution in [1.29, 1.82) is 5.26 Å². The van der Waals surface area contributed by atoms with Crippen molar-refractivity contribution in [3.05, 3.63) is 51.1 Å². The SMILES string of the molecule is N#Cc1ccccc1Cn1c(N2CCCCC2)nc2c(NC=O)csc2c1=O. The predicted molar refractivity (Wildman–Crippen MR) is 110 cm³/mol. The number of carbonyl (C=O) groups is 1. The lowest BCUT2D eigenvalue weighted by Crippen LogP contribution is -2.36. The lowest BCUT2D eigenvalue weighted by atomic mass is 10.1. The van der Waals surface area contributed by atoms with Gasteiger partial charge in [0.05, 0.1) is 23.9 Å². The third-order valence-electron chi connectivity index (χ3n) is 4.98. The molecule has 0 aliphatic carbocycles. The minimum atomic E-state index is -0.151. The molecule has 1 aliphatic rings. The summed E-state index contributed by atoms with van der Waals surface area (Å²) in [6.45, 7) is 1.95. The number of piperidine rings is 1. The van der Waals surface area contributed by atoms with Gasteiger partial charge < -0.3 is 10.2 Å². The lowest BCUT2D eigenvalue weighted by molar-refractivity contribution is -0.105. The molecule has 4 rings (SSSR count). The summed E-state index contributed by atoms with van der Waals surface area (Å²) in [4.78, 5) is 31.1. The van der Waals surface area contributed by atoms with Crippen LogP contribution in [0, 0.1) is 11.3 Å². The Morgan fingerprint density at radius 2 is 2.04 bits per heavy atom. The molecule has 1 aromatic carbocycles. The molecule has 0 radical (unpaired) electrons. The maximum absolute atomic E-state index is 13.3. The molecule has 0 unspecified atom stereocenters. The van der Waals surface area contributed by atoms with E-state index in [9.17, 15) is 14.9 Å². The predicted octanol–water partition coefficient (Wildman–Crippen LogP) is 2.94. The van der Waals surface area contributed by atoms with Crippen molar-refractivity contribution < 1.29 is 4.79 Å². The molecule has 3 aromatic rings. The molecule has 142 valence electrons. The number of carbonyl (C=O) groups excluding carboxylic acids is 1. The van der Waals surface area contributed by atoms with Crippen molar-refractivity contribution in [2.45, 2.75) is 25.8 Å². The summed E-state index contributed by atoms with van der Waals surface area (Å²) in [6.07, 6.45) is 3.85. The number of benzene rings is 1. The highest BCUT2D eigenvalue weighted by Gasteiger charge is 2.22. The van der Waals surface area contributed by atoms with Crippen LogP contribution in [0.5, 0.6) is 0 Å². The smallest absolute Gasteiger partial charge is 0.273 e. The van der Waals surface area contributed by atoms with Gasteiger partial charge in [0.1, 0.15) is 10.2 Å². The first-order valence-electron chi connectivity index (χ1n) is 9.18. The van der Waals surface area contributed by atoms with Crippen molar-refractivity contribution >= 4 is 39.6 Å². The standard InChI is InChI=1S/C20H19N5O2S/c21-10-14-6-2-3-7-15(14)11-25-19(27)18-17(16(12-28-18)22-13-26)23-20(25)24-8-4-1-5-9-24/h2-3,6-7,12-13H,1,4-5,8-9,11H2,(H,22,26). The molecule has 1 amide bonds. The Bertz CT molecular complexity index is 1120. The number of rotatable bonds is 5. The molecule has 1 N–H and O–H groups in total. The van der Waals surface area contributed by atoms with Crippen LogP contribution in [0.2, 0.25) is 0 Å². The second-order valence-electron chi connectivity index (χ2n) is 6.71. The first kappa shape index (κ1) is 18.2. The molecule has 2 aromatic heterocycles. The van der Waals surface area contributed by atoms with Crippen LogP contribution in [-0.2, 0) is 11.3 Å². The van der Waals surface area contributed by atoms with Crippen LogP contribution in [0.15, 0.2) is 34.4 Å². The van der Waals surface area contributed by atoms with E-state index in [1.165, 1.54) is 11.3 Å². The van der Waals surface area contributed by atoms with Gasteiger partial charge in [0.25, 0.3) is 5.56 Å². The van der Waals surface area contributed by atoms with E-state index < -0.39 is 0 Å². The average Bonchev–Trinajstić information content (AvgIpc) is 3.14. The van der Waals surface area contributed by atoms with E-state index in [0.29, 0.717) is 33.8 Å². The number of nitrogens with one attached hydrogen (secondary N) is 1. The Kier molecular flexibility index (Phi) is 5.08. The van der Waals surface area contributed by atoms with Gasteiger partial charge in [-0.2, -0.15) is 5.26 Å². The van der Waals surface area contributed by atoms with Crippen molar-refractivity contribution in [1.82, 2.24) is 9.55 Å². The minimum absolute atomic E-state index is 0.151. The molecule has 7 nitrogen and oxygen atoms in total. The van der Waals surface area contributed by atoms with Gasteiger partial charge in [0.15, 0.2) is 0 Å². The van der Waals surface area contributed by atoms with Crippen molar-refractivity contribution in [2.75, 3.05) is 23.3 Å². The Labute approximate surface area is 165 Å². The zero-order chi connectivity index (χ0) is 19.5. The van der Waals surface area contributed by atoms with Gasteiger partial charge in [-0.25, -0.2) is 4.98 Å². The summed E-state index contributed by atoms with van der Waals surface area (Å²) in [5.41, 5.74) is 2.26. The number of nitriles is 1. The number of thiophene rings is 1. The largest absolute Gasteiger partial charge is 0.342 e. The fourth-order valence-electron chi connectivity index (χ4n) is 3.57. The Morgan fingerprint density at radius 3 is 2.79 bits per heavy atom. The number of aromatic nitrogens is 2. The quantitative estimate of drug-likeness (QED) is 0.673. The highest BCUT2D eigenvalue weighted by molar-refractivity contribution is 7.17. The zero-order valence-electron chi connectivity index (χ0n) is 15.2. The third-order valence-corrected chi connectivity index (χ3v) is 5.93. The maximum atomic E-state index is 13.3. The Morgan fingerprint density at radius 1 is 1.25 bits per heavy atom. The lowest BCUT2D eigenvalue weighted by Gasteiger charge is -2.29. The summed E-state index contributed by atoms with van der Waals surface area (Å²) < 4.78 is 2.16. The van der Waals surface area contributed by atoms with Gasteiger partial charge >= 0.3 is 0 Å². The van der Waals surface area contributed by atoms with E-state index in [2.05, 4.69) is 16.3 Å². The van der Waals surface area contributed by atoms with E-state index in [1.807, 2.05) is 18.2 Å². The normalized spacial score (nSPS) is 14.0. The molecule has 0 bridgehead atoms. The number of hydrogen-bond acceptors (Lipinski definition) is 6. The van der Waals surface area contributed by atoms with Gasteiger partial charge in [-0.3, -0.25) is 14.2 Å². The summed E-state index contributed by atoms with van der Waals surface area (Å²) >= 11 is 1.27. The van der Waals surface area contributed by atoms with Crippen LogP contribution in [0.25, 0.3) is 10.2 Å². The summed E-state index contributed by atoms with van der Waals surface area (Å²) in [5, 5.41) is 13.8. The van der Waals surface area contributed by atoms with E-state index in [4.69, 9.17) is 4.98 Å². The first-order chi connectivity index (χ1) is 13.7. The molecular formula is C20H19N5O2S. The molecule has 1 aliphatic heterocycles. The summed E-state index contributed by atoms with van der Waals surface area (Å²) in [7, 11) is 0.